The van der Waals surface area contributed by atoms with E-state index in [1.807, 2.05) is 6.07 Å². The van der Waals surface area contributed by atoms with Gasteiger partial charge in [0.05, 0.1) is 0 Å². The molecule has 0 amide bonds. The van der Waals surface area contributed by atoms with E-state index >= 15 is 0 Å². The molecule has 0 aromatic heterocycles. The molecule has 2 saturated heterocycles. The zero-order valence-electron chi connectivity index (χ0n) is 11.0. The van der Waals surface area contributed by atoms with Gasteiger partial charge in [0.1, 0.15) is 0 Å². The van der Waals surface area contributed by atoms with Crippen LogP contribution in [0.1, 0.15) is 24.8 Å². The summed E-state index contributed by atoms with van der Waals surface area (Å²) in [4.78, 5) is 2.53. The second-order valence-corrected chi connectivity index (χ2v) is 6.21. The van der Waals surface area contributed by atoms with Crippen molar-refractivity contribution in [3.63, 3.8) is 0 Å². The summed E-state index contributed by atoms with van der Waals surface area (Å²) in [5.41, 5.74) is 3.11. The molecule has 18 heavy (non-hydrogen) atoms. The van der Waals surface area contributed by atoms with Gasteiger partial charge in [-0.2, -0.15) is 0 Å². The lowest BCUT2D eigenvalue weighted by molar-refractivity contribution is 0.232. The van der Waals surface area contributed by atoms with E-state index < -0.39 is 0 Å². The van der Waals surface area contributed by atoms with Gasteiger partial charge < -0.3 is 10.2 Å². The summed E-state index contributed by atoms with van der Waals surface area (Å²) in [5.74, 6) is 0. The van der Waals surface area contributed by atoms with Gasteiger partial charge in [-0.3, -0.25) is 0 Å². The molecule has 1 spiro atoms. The fraction of sp³-hybridized carbons (Fsp3) is 0.600. The minimum absolute atomic E-state index is 0.556. The van der Waals surface area contributed by atoms with Crippen molar-refractivity contribution in [2.45, 2.75) is 26.2 Å². The topological polar surface area (TPSA) is 15.3 Å². The highest BCUT2D eigenvalue weighted by Crippen LogP contribution is 2.41. The molecule has 0 unspecified atom stereocenters. The van der Waals surface area contributed by atoms with E-state index in [4.69, 9.17) is 11.6 Å². The lowest BCUT2D eigenvalue weighted by Gasteiger charge is -2.34. The summed E-state index contributed by atoms with van der Waals surface area (Å²) in [6.45, 7) is 6.88. The van der Waals surface area contributed by atoms with Crippen LogP contribution in [0.25, 0.3) is 0 Å². The Bertz CT molecular complexity index is 438. The zero-order chi connectivity index (χ0) is 12.6. The van der Waals surface area contributed by atoms with Crippen LogP contribution >= 0.6 is 11.6 Å². The predicted octanol–water partition coefficient (Wildman–Crippen LogP) is 3.23. The molecular formula is C15H21ClN2. The van der Waals surface area contributed by atoms with Gasteiger partial charge in [-0.1, -0.05) is 17.7 Å². The van der Waals surface area contributed by atoms with Crippen molar-refractivity contribution in [3.05, 3.63) is 28.8 Å². The van der Waals surface area contributed by atoms with Crippen LogP contribution in [-0.4, -0.2) is 26.2 Å². The van der Waals surface area contributed by atoms with Gasteiger partial charge in [0.15, 0.2) is 0 Å². The van der Waals surface area contributed by atoms with Gasteiger partial charge >= 0.3 is 0 Å². The summed E-state index contributed by atoms with van der Waals surface area (Å²) >= 11 is 6.23. The number of rotatable bonds is 1. The highest BCUT2D eigenvalue weighted by molar-refractivity contribution is 6.31. The first-order chi connectivity index (χ1) is 8.70. The molecule has 2 nitrogen and oxygen atoms in total. The number of hydrogen-bond donors (Lipinski definition) is 1. The molecule has 0 atom stereocenters. The van der Waals surface area contributed by atoms with Gasteiger partial charge in [0, 0.05) is 23.8 Å². The van der Waals surface area contributed by atoms with E-state index in [0.717, 1.165) is 5.02 Å². The van der Waals surface area contributed by atoms with E-state index in [9.17, 15) is 0 Å². The molecule has 1 aromatic carbocycles. The smallest absolute Gasteiger partial charge is 0.0455 e. The fourth-order valence-corrected chi connectivity index (χ4v) is 3.61. The summed E-state index contributed by atoms with van der Waals surface area (Å²) in [6.07, 6.45) is 3.98. The summed E-state index contributed by atoms with van der Waals surface area (Å²) in [7, 11) is 0. The van der Waals surface area contributed by atoms with E-state index in [2.05, 4.69) is 29.3 Å². The number of benzene rings is 1. The first kappa shape index (κ1) is 12.3. The molecule has 0 bridgehead atoms. The Labute approximate surface area is 114 Å². The molecule has 0 aliphatic carbocycles. The van der Waals surface area contributed by atoms with Crippen LogP contribution in [0, 0.1) is 12.3 Å². The SMILES string of the molecule is Cc1c(Cl)cccc1N1CCC2(CCNCC2)C1. The fourth-order valence-electron chi connectivity index (χ4n) is 3.44. The molecule has 3 heteroatoms. The molecule has 1 N–H and O–H groups in total. The Morgan fingerprint density at radius 2 is 2.00 bits per heavy atom. The van der Waals surface area contributed by atoms with Crippen molar-refractivity contribution in [1.29, 1.82) is 0 Å². The summed E-state index contributed by atoms with van der Waals surface area (Å²) < 4.78 is 0. The molecule has 98 valence electrons. The first-order valence-corrected chi connectivity index (χ1v) is 7.29. The highest BCUT2D eigenvalue weighted by atomic mass is 35.5. The predicted molar refractivity (Wildman–Crippen MR) is 77.6 cm³/mol. The molecule has 2 aliphatic rings. The number of nitrogens with zero attached hydrogens (tertiary/aromatic N) is 1. The van der Waals surface area contributed by atoms with E-state index in [1.54, 1.807) is 0 Å². The van der Waals surface area contributed by atoms with Gasteiger partial charge in [-0.25, -0.2) is 0 Å². The average molecular weight is 265 g/mol. The lowest BCUT2D eigenvalue weighted by atomic mass is 9.78. The molecule has 2 aliphatic heterocycles. The number of halogens is 1. The summed E-state index contributed by atoms with van der Waals surface area (Å²) in [5, 5.41) is 4.36. The third-order valence-electron chi connectivity index (χ3n) is 4.68. The Morgan fingerprint density at radius 1 is 1.22 bits per heavy atom. The van der Waals surface area contributed by atoms with E-state index in [-0.39, 0.29) is 0 Å². The highest BCUT2D eigenvalue weighted by Gasteiger charge is 2.39. The Hall–Kier alpha value is -0.730. The van der Waals surface area contributed by atoms with Crippen LogP contribution in [-0.2, 0) is 0 Å². The molecule has 2 fully saturated rings. The van der Waals surface area contributed by atoms with Crippen LogP contribution in [0.15, 0.2) is 18.2 Å². The van der Waals surface area contributed by atoms with E-state index in [1.165, 1.54) is 56.7 Å². The molecule has 0 saturated carbocycles. The van der Waals surface area contributed by atoms with Crippen LogP contribution in [0.2, 0.25) is 5.02 Å². The molecule has 0 radical (unpaired) electrons. The van der Waals surface area contributed by atoms with Crippen LogP contribution < -0.4 is 10.2 Å². The average Bonchev–Trinajstić information content (AvgIpc) is 2.77. The number of piperidine rings is 1. The summed E-state index contributed by atoms with van der Waals surface area (Å²) in [6, 6.07) is 6.26. The number of anilines is 1. The van der Waals surface area contributed by atoms with Crippen LogP contribution in [0.4, 0.5) is 5.69 Å². The van der Waals surface area contributed by atoms with Crippen molar-refractivity contribution in [2.24, 2.45) is 5.41 Å². The van der Waals surface area contributed by atoms with Gasteiger partial charge in [0.2, 0.25) is 0 Å². The Kier molecular flexibility index (Phi) is 3.25. The van der Waals surface area contributed by atoms with Crippen molar-refractivity contribution < 1.29 is 0 Å². The molecular weight excluding hydrogens is 244 g/mol. The second-order valence-electron chi connectivity index (χ2n) is 5.81. The minimum atomic E-state index is 0.556. The van der Waals surface area contributed by atoms with Gasteiger partial charge in [0.25, 0.3) is 0 Å². The van der Waals surface area contributed by atoms with Crippen molar-refractivity contribution in [1.82, 2.24) is 5.32 Å². The third kappa shape index (κ3) is 2.12. The van der Waals surface area contributed by atoms with Crippen molar-refractivity contribution in [2.75, 3.05) is 31.1 Å². The monoisotopic (exact) mass is 264 g/mol. The molecule has 3 rings (SSSR count). The maximum Gasteiger partial charge on any atom is 0.0455 e. The van der Waals surface area contributed by atoms with Crippen LogP contribution in [0.3, 0.4) is 0 Å². The number of hydrogen-bond acceptors (Lipinski definition) is 2. The number of nitrogens with one attached hydrogen (secondary N) is 1. The first-order valence-electron chi connectivity index (χ1n) is 6.91. The standard InChI is InChI=1S/C15H21ClN2/c1-12-13(16)3-2-4-14(12)18-10-7-15(11-18)5-8-17-9-6-15/h2-4,17H,5-11H2,1H3. The van der Waals surface area contributed by atoms with Gasteiger partial charge in [-0.05, 0) is 62.4 Å². The Balaban J connectivity index is 1.81. The Morgan fingerprint density at radius 3 is 2.78 bits per heavy atom. The molecule has 2 heterocycles. The van der Waals surface area contributed by atoms with Crippen molar-refractivity contribution in [3.8, 4) is 0 Å². The quantitative estimate of drug-likeness (QED) is 0.838. The minimum Gasteiger partial charge on any atom is -0.371 e. The van der Waals surface area contributed by atoms with E-state index in [0.29, 0.717) is 5.41 Å². The zero-order valence-corrected chi connectivity index (χ0v) is 11.8. The molecule has 1 aromatic rings. The van der Waals surface area contributed by atoms with Crippen LogP contribution in [0.5, 0.6) is 0 Å². The normalized spacial score (nSPS) is 22.7. The largest absolute Gasteiger partial charge is 0.371 e. The maximum absolute atomic E-state index is 6.23. The third-order valence-corrected chi connectivity index (χ3v) is 5.09. The van der Waals surface area contributed by atoms with Crippen molar-refractivity contribution >= 4 is 17.3 Å². The lowest BCUT2D eigenvalue weighted by Crippen LogP contribution is -2.38. The maximum atomic E-state index is 6.23. The van der Waals surface area contributed by atoms with Gasteiger partial charge in [-0.15, -0.1) is 0 Å². The second kappa shape index (κ2) is 4.75.